The first-order valence-electron chi connectivity index (χ1n) is 7.45. The van der Waals surface area contributed by atoms with Crippen molar-refractivity contribution in [2.75, 3.05) is 14.1 Å². The minimum absolute atomic E-state index is 0.170. The molecule has 0 saturated carbocycles. The predicted molar refractivity (Wildman–Crippen MR) is 91.2 cm³/mol. The number of sulfone groups is 1. The number of rotatable bonds is 6. The van der Waals surface area contributed by atoms with Gasteiger partial charge in [0.25, 0.3) is 0 Å². The van der Waals surface area contributed by atoms with E-state index in [-0.39, 0.29) is 14.7 Å². The van der Waals surface area contributed by atoms with Crippen LogP contribution in [0.1, 0.15) is 18.5 Å². The number of benzene rings is 2. The van der Waals surface area contributed by atoms with Gasteiger partial charge in [0.15, 0.2) is 0 Å². The van der Waals surface area contributed by atoms with Crippen LogP contribution in [0.4, 0.5) is 0 Å². The SMILES string of the molecule is CC(C(c1ccc(S(=O)(=O)c2ccccc2)cc1)N(C)C)[N+](=O)[O-]. The summed E-state index contributed by atoms with van der Waals surface area (Å²) in [6, 6.07) is 13.2. The summed E-state index contributed by atoms with van der Waals surface area (Å²) in [5, 5.41) is 11.1. The number of nitrogens with zero attached hydrogens (tertiary/aromatic N) is 2. The third-order valence-corrected chi connectivity index (χ3v) is 5.72. The molecule has 0 aromatic heterocycles. The molecule has 0 spiro atoms. The molecule has 0 radical (unpaired) electrons. The third-order valence-electron chi connectivity index (χ3n) is 3.93. The van der Waals surface area contributed by atoms with Crippen molar-refractivity contribution in [3.63, 3.8) is 0 Å². The number of hydrogen-bond donors (Lipinski definition) is 0. The second kappa shape index (κ2) is 7.11. The largest absolute Gasteiger partial charge is 0.297 e. The Labute approximate surface area is 141 Å². The zero-order valence-electron chi connectivity index (χ0n) is 13.8. The highest BCUT2D eigenvalue weighted by Gasteiger charge is 2.30. The first-order chi connectivity index (χ1) is 11.2. The van der Waals surface area contributed by atoms with Crippen LogP contribution in [0.15, 0.2) is 64.4 Å². The summed E-state index contributed by atoms with van der Waals surface area (Å²) < 4.78 is 25.1. The monoisotopic (exact) mass is 348 g/mol. The molecular formula is C17H20N2O4S. The lowest BCUT2D eigenvalue weighted by atomic mass is 10.00. The summed E-state index contributed by atoms with van der Waals surface area (Å²) in [7, 11) is -0.0594. The number of hydrogen-bond acceptors (Lipinski definition) is 5. The Morgan fingerprint density at radius 2 is 1.46 bits per heavy atom. The van der Waals surface area contributed by atoms with Crippen LogP contribution < -0.4 is 0 Å². The molecule has 0 saturated heterocycles. The van der Waals surface area contributed by atoms with Gasteiger partial charge in [-0.25, -0.2) is 8.42 Å². The topological polar surface area (TPSA) is 80.5 Å². The van der Waals surface area contributed by atoms with Gasteiger partial charge in [-0.2, -0.15) is 0 Å². The van der Waals surface area contributed by atoms with Crippen LogP contribution in [0.5, 0.6) is 0 Å². The van der Waals surface area contributed by atoms with E-state index in [0.717, 1.165) is 0 Å². The van der Waals surface area contributed by atoms with Gasteiger partial charge in [-0.05, 0) is 43.9 Å². The van der Waals surface area contributed by atoms with E-state index >= 15 is 0 Å². The summed E-state index contributed by atoms with van der Waals surface area (Å²) in [5.74, 6) is 0. The average molecular weight is 348 g/mol. The normalized spacial score (nSPS) is 14.3. The highest BCUT2D eigenvalue weighted by Crippen LogP contribution is 2.27. The Morgan fingerprint density at radius 1 is 0.958 bits per heavy atom. The molecule has 0 fully saturated rings. The quantitative estimate of drug-likeness (QED) is 0.592. The van der Waals surface area contributed by atoms with Gasteiger partial charge in [-0.15, -0.1) is 0 Å². The fourth-order valence-electron chi connectivity index (χ4n) is 2.70. The van der Waals surface area contributed by atoms with E-state index in [2.05, 4.69) is 0 Å². The van der Waals surface area contributed by atoms with Crippen LogP contribution >= 0.6 is 0 Å². The Kier molecular flexibility index (Phi) is 5.36. The van der Waals surface area contributed by atoms with Crippen molar-refractivity contribution in [2.45, 2.75) is 28.8 Å². The van der Waals surface area contributed by atoms with Crippen molar-refractivity contribution in [1.82, 2.24) is 4.90 Å². The lowest BCUT2D eigenvalue weighted by molar-refractivity contribution is -0.526. The molecule has 0 aliphatic carbocycles. The molecule has 0 N–H and O–H groups in total. The molecule has 7 heteroatoms. The molecule has 0 amide bonds. The predicted octanol–water partition coefficient (Wildman–Crippen LogP) is 2.79. The summed E-state index contributed by atoms with van der Waals surface area (Å²) in [4.78, 5) is 12.9. The van der Waals surface area contributed by atoms with E-state index in [1.54, 1.807) is 68.4 Å². The van der Waals surface area contributed by atoms with Gasteiger partial charge in [0, 0.05) is 11.8 Å². The fraction of sp³-hybridized carbons (Fsp3) is 0.294. The van der Waals surface area contributed by atoms with Crippen molar-refractivity contribution in [3.05, 3.63) is 70.3 Å². The fourth-order valence-corrected chi connectivity index (χ4v) is 3.99. The summed E-state index contributed by atoms with van der Waals surface area (Å²) in [6.45, 7) is 1.54. The minimum atomic E-state index is -3.59. The Hall–Kier alpha value is -2.25. The molecule has 24 heavy (non-hydrogen) atoms. The van der Waals surface area contributed by atoms with Gasteiger partial charge in [0.2, 0.25) is 15.9 Å². The molecule has 2 rings (SSSR count). The van der Waals surface area contributed by atoms with E-state index in [0.29, 0.717) is 5.56 Å². The van der Waals surface area contributed by atoms with Crippen molar-refractivity contribution in [2.24, 2.45) is 0 Å². The molecule has 6 nitrogen and oxygen atoms in total. The molecule has 0 heterocycles. The highest BCUT2D eigenvalue weighted by atomic mass is 32.2. The van der Waals surface area contributed by atoms with Crippen LogP contribution in [-0.2, 0) is 9.84 Å². The third kappa shape index (κ3) is 3.63. The summed E-state index contributed by atoms with van der Waals surface area (Å²) in [6.07, 6.45) is 0. The van der Waals surface area contributed by atoms with E-state index in [4.69, 9.17) is 0 Å². The van der Waals surface area contributed by atoms with Crippen LogP contribution in [0.2, 0.25) is 0 Å². The molecule has 128 valence electrons. The van der Waals surface area contributed by atoms with E-state index in [9.17, 15) is 18.5 Å². The van der Waals surface area contributed by atoms with Crippen molar-refractivity contribution in [3.8, 4) is 0 Å². The number of nitro groups is 1. The van der Waals surface area contributed by atoms with Gasteiger partial charge in [0.05, 0.1) is 9.79 Å². The maximum Gasteiger partial charge on any atom is 0.229 e. The summed E-state index contributed by atoms with van der Waals surface area (Å²) in [5.41, 5.74) is 0.705. The zero-order chi connectivity index (χ0) is 17.9. The summed E-state index contributed by atoms with van der Waals surface area (Å²) >= 11 is 0. The Morgan fingerprint density at radius 3 is 1.92 bits per heavy atom. The van der Waals surface area contributed by atoms with Crippen LogP contribution in [0, 0.1) is 10.1 Å². The molecule has 2 unspecified atom stereocenters. The smallest absolute Gasteiger partial charge is 0.229 e. The van der Waals surface area contributed by atoms with Crippen LogP contribution in [0.3, 0.4) is 0 Å². The van der Waals surface area contributed by atoms with Gasteiger partial charge in [0.1, 0.15) is 6.04 Å². The van der Waals surface area contributed by atoms with E-state index in [1.165, 1.54) is 12.1 Å². The van der Waals surface area contributed by atoms with Gasteiger partial charge in [-0.1, -0.05) is 30.3 Å². The Balaban J connectivity index is 2.38. The molecule has 0 bridgehead atoms. The van der Waals surface area contributed by atoms with Crippen LogP contribution in [-0.4, -0.2) is 38.4 Å². The standard InChI is InChI=1S/C17H20N2O4S/c1-13(19(20)21)17(18(2)3)14-9-11-16(12-10-14)24(22,23)15-7-5-4-6-8-15/h4-13,17H,1-3H3. The maximum atomic E-state index is 12.6. The van der Waals surface area contributed by atoms with Gasteiger partial charge >= 0.3 is 0 Å². The molecule has 2 aromatic rings. The molecule has 2 atom stereocenters. The van der Waals surface area contributed by atoms with Gasteiger partial charge < -0.3 is 0 Å². The molecular weight excluding hydrogens is 328 g/mol. The van der Waals surface area contributed by atoms with Gasteiger partial charge in [-0.3, -0.25) is 15.0 Å². The lowest BCUT2D eigenvalue weighted by Gasteiger charge is -2.25. The molecule has 2 aromatic carbocycles. The highest BCUT2D eigenvalue weighted by molar-refractivity contribution is 7.91. The van der Waals surface area contributed by atoms with E-state index < -0.39 is 21.9 Å². The van der Waals surface area contributed by atoms with E-state index in [1.807, 2.05) is 0 Å². The minimum Gasteiger partial charge on any atom is -0.297 e. The van der Waals surface area contributed by atoms with Crippen molar-refractivity contribution >= 4 is 9.84 Å². The zero-order valence-corrected chi connectivity index (χ0v) is 14.6. The van der Waals surface area contributed by atoms with Crippen LogP contribution in [0.25, 0.3) is 0 Å². The molecule has 0 aliphatic heterocycles. The van der Waals surface area contributed by atoms with Crippen molar-refractivity contribution < 1.29 is 13.3 Å². The second-order valence-corrected chi connectivity index (χ2v) is 7.77. The first kappa shape index (κ1) is 18.1. The lowest BCUT2D eigenvalue weighted by Crippen LogP contribution is -2.34. The molecule has 0 aliphatic rings. The van der Waals surface area contributed by atoms with Crippen molar-refractivity contribution in [1.29, 1.82) is 0 Å². The Bertz CT molecular complexity index is 802. The maximum absolute atomic E-state index is 12.6. The second-order valence-electron chi connectivity index (χ2n) is 5.82. The average Bonchev–Trinajstić information content (AvgIpc) is 2.56. The first-order valence-corrected chi connectivity index (χ1v) is 8.93. The number of likely N-dealkylation sites (N-methyl/N-ethyl adjacent to an activating group) is 1.